The Balaban J connectivity index is 1.72. The molecule has 1 aromatic carbocycles. The molecular formula is C15H19N5. The molecule has 0 radical (unpaired) electrons. The molecule has 1 aromatic heterocycles. The van der Waals surface area contributed by atoms with E-state index in [9.17, 15) is 0 Å². The van der Waals surface area contributed by atoms with Crippen LogP contribution < -0.4 is 16.4 Å². The third-order valence-corrected chi connectivity index (χ3v) is 3.54. The number of aryl methyl sites for hydroxylation is 1. The summed E-state index contributed by atoms with van der Waals surface area (Å²) in [5.41, 5.74) is 8.27. The molecule has 0 fully saturated rings. The lowest BCUT2D eigenvalue weighted by atomic mass is 10.1. The number of nitrogens with two attached hydrogens (primary N) is 1. The van der Waals surface area contributed by atoms with Gasteiger partial charge in [-0.25, -0.2) is 4.98 Å². The highest BCUT2D eigenvalue weighted by atomic mass is 15.1. The number of hydrogen-bond acceptors (Lipinski definition) is 5. The second kappa shape index (κ2) is 5.88. The van der Waals surface area contributed by atoms with Gasteiger partial charge in [0.2, 0.25) is 5.95 Å². The first-order chi connectivity index (χ1) is 9.86. The summed E-state index contributed by atoms with van der Waals surface area (Å²) in [4.78, 5) is 8.64. The molecule has 5 heteroatoms. The maximum absolute atomic E-state index is 5.47. The Labute approximate surface area is 118 Å². The number of nitrogens with one attached hydrogen (secondary N) is 2. The monoisotopic (exact) mass is 269 g/mol. The standard InChI is InChI=1S/C15H19N5/c16-8-10-18-15-17-9-7-14(20-15)19-13-6-5-11-3-1-2-4-12(11)13/h1-4,7,9,13H,5-6,8,10,16H2,(H2,17,18,19,20). The maximum atomic E-state index is 5.47. The molecule has 1 unspecified atom stereocenters. The van der Waals surface area contributed by atoms with Gasteiger partial charge in [-0.15, -0.1) is 0 Å². The van der Waals surface area contributed by atoms with Crippen LogP contribution in [0.1, 0.15) is 23.6 Å². The van der Waals surface area contributed by atoms with Crippen molar-refractivity contribution in [3.05, 3.63) is 47.7 Å². The Hall–Kier alpha value is -2.14. The number of anilines is 2. The average Bonchev–Trinajstić information content (AvgIpc) is 2.89. The first kappa shape index (κ1) is 12.9. The van der Waals surface area contributed by atoms with Crippen LogP contribution >= 0.6 is 0 Å². The van der Waals surface area contributed by atoms with Crippen molar-refractivity contribution >= 4 is 11.8 Å². The van der Waals surface area contributed by atoms with E-state index in [2.05, 4.69) is 44.9 Å². The SMILES string of the molecule is NCCNc1nccc(NC2CCc3ccccc32)n1. The second-order valence-electron chi connectivity index (χ2n) is 4.92. The predicted octanol–water partition coefficient (Wildman–Crippen LogP) is 1.95. The van der Waals surface area contributed by atoms with E-state index in [0.717, 1.165) is 18.7 Å². The lowest BCUT2D eigenvalue weighted by molar-refractivity contribution is 0.756. The third-order valence-electron chi connectivity index (χ3n) is 3.54. The Kier molecular flexibility index (Phi) is 3.78. The maximum Gasteiger partial charge on any atom is 0.224 e. The van der Waals surface area contributed by atoms with Crippen molar-refractivity contribution in [2.75, 3.05) is 23.7 Å². The molecule has 1 aliphatic carbocycles. The average molecular weight is 269 g/mol. The van der Waals surface area contributed by atoms with Gasteiger partial charge in [0, 0.05) is 19.3 Å². The first-order valence-corrected chi connectivity index (χ1v) is 6.98. The molecule has 3 rings (SSSR count). The van der Waals surface area contributed by atoms with Gasteiger partial charge in [0.1, 0.15) is 5.82 Å². The molecule has 104 valence electrons. The highest BCUT2D eigenvalue weighted by molar-refractivity contribution is 5.45. The van der Waals surface area contributed by atoms with E-state index in [1.165, 1.54) is 11.1 Å². The summed E-state index contributed by atoms with van der Waals surface area (Å²) in [7, 11) is 0. The third kappa shape index (κ3) is 2.72. The lowest BCUT2D eigenvalue weighted by Crippen LogP contribution is -2.15. The zero-order chi connectivity index (χ0) is 13.8. The molecule has 0 saturated carbocycles. The molecule has 5 nitrogen and oxygen atoms in total. The fourth-order valence-electron chi connectivity index (χ4n) is 2.59. The summed E-state index contributed by atoms with van der Waals surface area (Å²) in [5.74, 6) is 1.47. The number of fused-ring (bicyclic) bond motifs is 1. The topological polar surface area (TPSA) is 75.9 Å². The van der Waals surface area contributed by atoms with Crippen molar-refractivity contribution in [2.45, 2.75) is 18.9 Å². The summed E-state index contributed by atoms with van der Waals surface area (Å²) < 4.78 is 0. The Morgan fingerprint density at radius 2 is 2.15 bits per heavy atom. The molecule has 1 aliphatic rings. The van der Waals surface area contributed by atoms with Crippen LogP contribution in [0.4, 0.5) is 11.8 Å². The van der Waals surface area contributed by atoms with Crippen LogP contribution in [0, 0.1) is 0 Å². The molecule has 20 heavy (non-hydrogen) atoms. The van der Waals surface area contributed by atoms with Gasteiger partial charge in [-0.05, 0) is 30.0 Å². The van der Waals surface area contributed by atoms with Crippen molar-refractivity contribution in [3.63, 3.8) is 0 Å². The molecule has 0 saturated heterocycles. The fourth-order valence-corrected chi connectivity index (χ4v) is 2.59. The number of aromatic nitrogens is 2. The highest BCUT2D eigenvalue weighted by Gasteiger charge is 2.21. The molecule has 0 spiro atoms. The van der Waals surface area contributed by atoms with Crippen molar-refractivity contribution in [3.8, 4) is 0 Å². The van der Waals surface area contributed by atoms with E-state index < -0.39 is 0 Å². The molecule has 0 bridgehead atoms. The minimum Gasteiger partial charge on any atom is -0.363 e. The largest absolute Gasteiger partial charge is 0.363 e. The van der Waals surface area contributed by atoms with E-state index in [4.69, 9.17) is 5.73 Å². The van der Waals surface area contributed by atoms with Gasteiger partial charge in [0.15, 0.2) is 0 Å². The number of rotatable bonds is 5. The summed E-state index contributed by atoms with van der Waals surface area (Å²) in [6.07, 6.45) is 3.99. The van der Waals surface area contributed by atoms with Crippen LogP contribution in [-0.2, 0) is 6.42 Å². The molecule has 2 aromatic rings. The minimum absolute atomic E-state index is 0.337. The lowest BCUT2D eigenvalue weighted by Gasteiger charge is -2.15. The van der Waals surface area contributed by atoms with Crippen LogP contribution in [0.25, 0.3) is 0 Å². The normalized spacial score (nSPS) is 16.8. The van der Waals surface area contributed by atoms with E-state index in [-0.39, 0.29) is 0 Å². The quantitative estimate of drug-likeness (QED) is 0.773. The smallest absolute Gasteiger partial charge is 0.224 e. The van der Waals surface area contributed by atoms with Gasteiger partial charge in [-0.2, -0.15) is 4.98 Å². The van der Waals surface area contributed by atoms with Crippen molar-refractivity contribution in [1.29, 1.82) is 0 Å². The van der Waals surface area contributed by atoms with E-state index >= 15 is 0 Å². The van der Waals surface area contributed by atoms with Gasteiger partial charge in [-0.3, -0.25) is 0 Å². The Morgan fingerprint density at radius 3 is 3.05 bits per heavy atom. The molecule has 0 amide bonds. The molecule has 0 aliphatic heterocycles. The van der Waals surface area contributed by atoms with Crippen molar-refractivity contribution < 1.29 is 0 Å². The molecule has 1 heterocycles. The first-order valence-electron chi connectivity index (χ1n) is 6.98. The minimum atomic E-state index is 0.337. The molecular weight excluding hydrogens is 250 g/mol. The van der Waals surface area contributed by atoms with E-state index in [1.54, 1.807) is 6.20 Å². The van der Waals surface area contributed by atoms with E-state index in [1.807, 2.05) is 6.07 Å². The second-order valence-corrected chi connectivity index (χ2v) is 4.92. The van der Waals surface area contributed by atoms with Gasteiger partial charge >= 0.3 is 0 Å². The van der Waals surface area contributed by atoms with Crippen molar-refractivity contribution in [2.24, 2.45) is 5.73 Å². The predicted molar refractivity (Wildman–Crippen MR) is 80.7 cm³/mol. The highest BCUT2D eigenvalue weighted by Crippen LogP contribution is 2.33. The Bertz CT molecular complexity index is 584. The Morgan fingerprint density at radius 1 is 1.25 bits per heavy atom. The van der Waals surface area contributed by atoms with Crippen LogP contribution in [0.15, 0.2) is 36.5 Å². The summed E-state index contributed by atoms with van der Waals surface area (Å²) in [6, 6.07) is 10.8. The van der Waals surface area contributed by atoms with Crippen molar-refractivity contribution in [1.82, 2.24) is 9.97 Å². The molecule has 4 N–H and O–H groups in total. The summed E-state index contributed by atoms with van der Waals surface area (Å²) >= 11 is 0. The zero-order valence-corrected chi connectivity index (χ0v) is 11.3. The van der Waals surface area contributed by atoms with Crippen LogP contribution in [0.3, 0.4) is 0 Å². The molecule has 1 atom stereocenters. The van der Waals surface area contributed by atoms with Crippen LogP contribution in [0.2, 0.25) is 0 Å². The van der Waals surface area contributed by atoms with Gasteiger partial charge < -0.3 is 16.4 Å². The van der Waals surface area contributed by atoms with Gasteiger partial charge in [0.05, 0.1) is 6.04 Å². The van der Waals surface area contributed by atoms with Crippen LogP contribution in [-0.4, -0.2) is 23.1 Å². The van der Waals surface area contributed by atoms with Crippen LogP contribution in [0.5, 0.6) is 0 Å². The number of hydrogen-bond donors (Lipinski definition) is 3. The van der Waals surface area contributed by atoms with Gasteiger partial charge in [0.25, 0.3) is 0 Å². The number of benzene rings is 1. The fraction of sp³-hybridized carbons (Fsp3) is 0.333. The summed E-state index contributed by atoms with van der Waals surface area (Å²) in [6.45, 7) is 1.24. The van der Waals surface area contributed by atoms with E-state index in [0.29, 0.717) is 25.1 Å². The summed E-state index contributed by atoms with van der Waals surface area (Å²) in [5, 5.41) is 6.58. The number of nitrogens with zero attached hydrogens (tertiary/aromatic N) is 2. The zero-order valence-electron chi connectivity index (χ0n) is 11.3. The van der Waals surface area contributed by atoms with Gasteiger partial charge in [-0.1, -0.05) is 24.3 Å².